The summed E-state index contributed by atoms with van der Waals surface area (Å²) in [6, 6.07) is 0. The van der Waals surface area contributed by atoms with Gasteiger partial charge in [-0.3, -0.25) is 9.38 Å². The van der Waals surface area contributed by atoms with Gasteiger partial charge in [0.05, 0.1) is 23.9 Å². The molecule has 1 N–H and O–H groups in total. The summed E-state index contributed by atoms with van der Waals surface area (Å²) in [5.41, 5.74) is 1.04. The monoisotopic (exact) mass is 400 g/mol. The topological polar surface area (TPSA) is 40.5 Å². The summed E-state index contributed by atoms with van der Waals surface area (Å²) < 4.78 is 12.1. The molecule has 0 unspecified atom stereocenters. The van der Waals surface area contributed by atoms with Crippen LogP contribution < -0.4 is 5.32 Å². The van der Waals surface area contributed by atoms with E-state index in [1.165, 1.54) is 0 Å². The minimum absolute atomic E-state index is 0. The molecule has 1 aromatic rings. The molecule has 1 heterocycles. The normalized spacial score (nSPS) is 11.1. The molecule has 7 heteroatoms. The predicted molar refractivity (Wildman–Crippen MR) is 90.3 cm³/mol. The number of guanidine groups is 1. The van der Waals surface area contributed by atoms with Gasteiger partial charge in [0.25, 0.3) is 0 Å². The number of aryl methyl sites for hydroxylation is 1. The van der Waals surface area contributed by atoms with Crippen molar-refractivity contribution in [3.63, 3.8) is 0 Å². The van der Waals surface area contributed by atoms with Gasteiger partial charge in [0.15, 0.2) is 5.96 Å². The van der Waals surface area contributed by atoms with Gasteiger partial charge in [-0.15, -0.1) is 35.3 Å². The second-order valence-electron chi connectivity index (χ2n) is 3.99. The van der Waals surface area contributed by atoms with Crippen LogP contribution in [0.1, 0.15) is 24.0 Å². The Morgan fingerprint density at radius 1 is 1.58 bits per heavy atom. The molecule has 0 radical (unpaired) electrons. The van der Waals surface area contributed by atoms with Crippen LogP contribution in [0.2, 0.25) is 0 Å². The van der Waals surface area contributed by atoms with Gasteiger partial charge in [-0.25, -0.2) is 4.98 Å². The second-order valence-corrected chi connectivity index (χ2v) is 5.05. The van der Waals surface area contributed by atoms with Gasteiger partial charge in [-0.1, -0.05) is 0 Å². The van der Waals surface area contributed by atoms with E-state index in [-0.39, 0.29) is 30.7 Å². The third-order valence-corrected chi connectivity index (χ3v) is 3.14. The third-order valence-electron chi connectivity index (χ3n) is 2.32. The zero-order valence-corrected chi connectivity index (χ0v) is 14.8. The molecule has 4 nitrogen and oxygen atoms in total. The number of halogens is 2. The lowest BCUT2D eigenvalue weighted by molar-refractivity contribution is 0.460. The quantitative estimate of drug-likeness (QED) is 0.346. The van der Waals surface area contributed by atoms with Crippen LogP contribution in [0, 0.1) is 6.92 Å². The number of rotatable bonds is 6. The van der Waals surface area contributed by atoms with Crippen LogP contribution in [0.3, 0.4) is 0 Å². The molecule has 1 aromatic heterocycles. The maximum absolute atomic E-state index is 12.1. The fraction of sp³-hybridized carbons (Fsp3) is 0.667. The zero-order valence-electron chi connectivity index (χ0n) is 11.6. The lowest BCUT2D eigenvalue weighted by Crippen LogP contribution is -2.38. The molecular formula is C12H22FIN4S. The van der Waals surface area contributed by atoms with E-state index in [9.17, 15) is 4.39 Å². The summed E-state index contributed by atoms with van der Waals surface area (Å²) in [5.74, 6) is 0.802. The molecule has 0 aliphatic carbocycles. The molecule has 0 amide bonds. The average Bonchev–Trinajstić information content (AvgIpc) is 2.74. The van der Waals surface area contributed by atoms with Crippen LogP contribution in [-0.4, -0.2) is 42.7 Å². The molecule has 0 fully saturated rings. The van der Waals surface area contributed by atoms with E-state index in [0.717, 1.165) is 23.2 Å². The maximum Gasteiger partial charge on any atom is 0.194 e. The molecule has 1 rings (SSSR count). The highest BCUT2D eigenvalue weighted by Gasteiger charge is 2.08. The molecule has 0 bridgehead atoms. The van der Waals surface area contributed by atoms with Gasteiger partial charge in [0, 0.05) is 25.5 Å². The Bertz CT molecular complexity index is 384. The molecule has 0 aliphatic rings. The van der Waals surface area contributed by atoms with Gasteiger partial charge in [-0.05, 0) is 20.3 Å². The second kappa shape index (κ2) is 10.4. The van der Waals surface area contributed by atoms with E-state index >= 15 is 0 Å². The number of thiazole rings is 1. The number of nitrogens with one attached hydrogen (secondary N) is 1. The molecule has 0 spiro atoms. The van der Waals surface area contributed by atoms with E-state index < -0.39 is 0 Å². The van der Waals surface area contributed by atoms with Gasteiger partial charge < -0.3 is 10.2 Å². The van der Waals surface area contributed by atoms with Crippen molar-refractivity contribution in [1.29, 1.82) is 0 Å². The fourth-order valence-corrected chi connectivity index (χ4v) is 2.12. The molecule has 0 atom stereocenters. The van der Waals surface area contributed by atoms with Crippen molar-refractivity contribution in [2.75, 3.05) is 26.8 Å². The Kier molecular flexibility index (Phi) is 10.1. The van der Waals surface area contributed by atoms with Crippen molar-refractivity contribution in [1.82, 2.24) is 15.2 Å². The predicted octanol–water partition coefficient (Wildman–Crippen LogP) is 2.83. The van der Waals surface area contributed by atoms with Gasteiger partial charge >= 0.3 is 0 Å². The summed E-state index contributed by atoms with van der Waals surface area (Å²) in [5, 5.41) is 6.32. The highest BCUT2D eigenvalue weighted by molar-refractivity contribution is 14.0. The van der Waals surface area contributed by atoms with Crippen LogP contribution in [0.4, 0.5) is 4.39 Å². The number of nitrogens with zero attached hydrogens (tertiary/aromatic N) is 3. The Balaban J connectivity index is 0.00000324. The van der Waals surface area contributed by atoms with Crippen molar-refractivity contribution in [2.24, 2.45) is 4.99 Å². The first kappa shape index (κ1) is 18.6. The first-order chi connectivity index (χ1) is 8.67. The van der Waals surface area contributed by atoms with Crippen molar-refractivity contribution in [3.05, 3.63) is 16.1 Å². The average molecular weight is 400 g/mol. The van der Waals surface area contributed by atoms with E-state index in [4.69, 9.17) is 0 Å². The number of hydrogen-bond donors (Lipinski definition) is 1. The summed E-state index contributed by atoms with van der Waals surface area (Å²) in [7, 11) is 1.96. The van der Waals surface area contributed by atoms with Crippen LogP contribution in [0.5, 0.6) is 0 Å². The summed E-state index contributed by atoms with van der Waals surface area (Å²) in [4.78, 5) is 10.8. The van der Waals surface area contributed by atoms with Crippen LogP contribution in [0.25, 0.3) is 0 Å². The highest BCUT2D eigenvalue weighted by atomic mass is 127. The molecule has 0 aliphatic heterocycles. The molecular weight excluding hydrogens is 378 g/mol. The minimum atomic E-state index is -0.322. The summed E-state index contributed by atoms with van der Waals surface area (Å²) in [6.07, 6.45) is 0.471. The van der Waals surface area contributed by atoms with Crippen molar-refractivity contribution >= 4 is 41.3 Å². The Hall–Kier alpha value is -0.440. The standard InChI is InChI=1S/C12H21FN4S.HI/c1-4-14-12(15-7-5-6-13)17(3)8-11-9-18-10(2)16-11;/h9H,4-8H2,1-3H3,(H,14,15);1H. The maximum atomic E-state index is 12.1. The first-order valence-electron chi connectivity index (χ1n) is 6.13. The van der Waals surface area contributed by atoms with Crippen LogP contribution in [0.15, 0.2) is 10.4 Å². The highest BCUT2D eigenvalue weighted by Crippen LogP contribution is 2.09. The van der Waals surface area contributed by atoms with Crippen LogP contribution >= 0.6 is 35.3 Å². The summed E-state index contributed by atoms with van der Waals surface area (Å²) in [6.45, 7) is 5.72. The molecule has 0 aromatic carbocycles. The van der Waals surface area contributed by atoms with Crippen molar-refractivity contribution < 1.29 is 4.39 Å². The molecule has 110 valence electrons. The minimum Gasteiger partial charge on any atom is -0.357 e. The van der Waals surface area contributed by atoms with Gasteiger partial charge in [0.1, 0.15) is 0 Å². The Morgan fingerprint density at radius 2 is 2.32 bits per heavy atom. The van der Waals surface area contributed by atoms with Gasteiger partial charge in [-0.2, -0.15) is 0 Å². The molecule has 19 heavy (non-hydrogen) atoms. The third kappa shape index (κ3) is 7.05. The number of aliphatic imine (C=N–C) groups is 1. The SMILES string of the molecule is CCNC(=NCCCF)N(C)Cc1csc(C)n1.I. The van der Waals surface area contributed by atoms with E-state index in [1.54, 1.807) is 11.3 Å². The molecule has 0 saturated heterocycles. The number of alkyl halides is 1. The molecule has 0 saturated carbocycles. The van der Waals surface area contributed by atoms with Crippen molar-refractivity contribution in [2.45, 2.75) is 26.8 Å². The first-order valence-corrected chi connectivity index (χ1v) is 7.01. The number of hydrogen-bond acceptors (Lipinski definition) is 3. The Labute approximate surface area is 135 Å². The van der Waals surface area contributed by atoms with E-state index in [2.05, 4.69) is 20.7 Å². The summed E-state index contributed by atoms with van der Waals surface area (Å²) >= 11 is 1.65. The number of aromatic nitrogens is 1. The van der Waals surface area contributed by atoms with Crippen molar-refractivity contribution in [3.8, 4) is 0 Å². The van der Waals surface area contributed by atoms with E-state index in [0.29, 0.717) is 19.5 Å². The van der Waals surface area contributed by atoms with E-state index in [1.807, 2.05) is 25.8 Å². The zero-order chi connectivity index (χ0) is 13.4. The lowest BCUT2D eigenvalue weighted by Gasteiger charge is -2.21. The van der Waals surface area contributed by atoms with Gasteiger partial charge in [0.2, 0.25) is 0 Å². The van der Waals surface area contributed by atoms with Crippen LogP contribution in [-0.2, 0) is 6.54 Å². The Morgan fingerprint density at radius 3 is 2.84 bits per heavy atom. The smallest absolute Gasteiger partial charge is 0.194 e. The largest absolute Gasteiger partial charge is 0.357 e. The lowest BCUT2D eigenvalue weighted by atomic mass is 10.4. The fourth-order valence-electron chi connectivity index (χ4n) is 1.51.